The van der Waals surface area contributed by atoms with Crippen LogP contribution in [0.25, 0.3) is 5.69 Å². The number of anilines is 1. The van der Waals surface area contributed by atoms with E-state index < -0.39 is 0 Å². The van der Waals surface area contributed by atoms with Crippen LogP contribution in [-0.2, 0) is 4.79 Å². The van der Waals surface area contributed by atoms with Crippen LogP contribution in [0.1, 0.15) is 62.2 Å². The van der Waals surface area contributed by atoms with Gasteiger partial charge in [-0.2, -0.15) is 5.10 Å². The summed E-state index contributed by atoms with van der Waals surface area (Å²) in [6, 6.07) is 19.0. The molecule has 0 bridgehead atoms. The monoisotopic (exact) mass is 419 g/mol. The first-order chi connectivity index (χ1) is 14.8. The Kier molecular flexibility index (Phi) is 7.29. The Hall–Kier alpha value is -2.92. The molecule has 1 amide bonds. The van der Waals surface area contributed by atoms with Gasteiger partial charge in [0.1, 0.15) is 6.04 Å². The van der Waals surface area contributed by atoms with Crippen molar-refractivity contribution < 1.29 is 10.1 Å². The third-order valence-corrected chi connectivity index (χ3v) is 5.82. The van der Waals surface area contributed by atoms with E-state index in [1.807, 2.05) is 48.9 Å². The summed E-state index contributed by atoms with van der Waals surface area (Å²) in [7, 11) is 0. The van der Waals surface area contributed by atoms with E-state index in [4.69, 9.17) is 0 Å². The Morgan fingerprint density at radius 1 is 0.968 bits per heavy atom. The van der Waals surface area contributed by atoms with Gasteiger partial charge in [-0.05, 0) is 37.5 Å². The number of quaternary nitrogens is 1. The lowest BCUT2D eigenvalue weighted by molar-refractivity contribution is -0.692. The SMILES string of the molecule is Cc1nn(-c2ccccc2)c(C)c1NC(=O)C[NH2+][C@@H](c1ccc(C(C)C)cc1)C(C)C. The summed E-state index contributed by atoms with van der Waals surface area (Å²) in [5, 5.41) is 9.84. The number of amides is 1. The zero-order valence-corrected chi connectivity index (χ0v) is 19.5. The van der Waals surface area contributed by atoms with Crippen LogP contribution in [-0.4, -0.2) is 22.2 Å². The summed E-state index contributed by atoms with van der Waals surface area (Å²) >= 11 is 0. The molecule has 0 radical (unpaired) electrons. The number of rotatable bonds is 8. The summed E-state index contributed by atoms with van der Waals surface area (Å²) in [6.07, 6.45) is 0. The Morgan fingerprint density at radius 2 is 1.58 bits per heavy atom. The van der Waals surface area contributed by atoms with Crippen LogP contribution >= 0.6 is 0 Å². The molecule has 3 N–H and O–H groups in total. The molecule has 2 aromatic carbocycles. The highest BCUT2D eigenvalue weighted by atomic mass is 16.1. The molecular formula is C26H35N4O+. The van der Waals surface area contributed by atoms with Crippen molar-refractivity contribution in [2.45, 2.75) is 53.5 Å². The maximum absolute atomic E-state index is 12.8. The number of nitrogens with one attached hydrogen (secondary N) is 1. The molecule has 1 atom stereocenters. The summed E-state index contributed by atoms with van der Waals surface area (Å²) in [5.74, 6) is 0.926. The molecular weight excluding hydrogens is 384 g/mol. The summed E-state index contributed by atoms with van der Waals surface area (Å²) < 4.78 is 1.88. The smallest absolute Gasteiger partial charge is 0.279 e. The van der Waals surface area contributed by atoms with Crippen LogP contribution in [0.5, 0.6) is 0 Å². The fourth-order valence-electron chi connectivity index (χ4n) is 3.96. The Morgan fingerprint density at radius 3 is 2.16 bits per heavy atom. The molecule has 5 heteroatoms. The molecule has 164 valence electrons. The van der Waals surface area contributed by atoms with E-state index >= 15 is 0 Å². The van der Waals surface area contributed by atoms with Crippen LogP contribution in [0.3, 0.4) is 0 Å². The first-order valence-corrected chi connectivity index (χ1v) is 11.1. The van der Waals surface area contributed by atoms with Crippen LogP contribution < -0.4 is 10.6 Å². The van der Waals surface area contributed by atoms with E-state index in [0.29, 0.717) is 18.4 Å². The van der Waals surface area contributed by atoms with Crippen molar-refractivity contribution in [1.29, 1.82) is 0 Å². The van der Waals surface area contributed by atoms with Gasteiger partial charge in [0.15, 0.2) is 6.54 Å². The highest BCUT2D eigenvalue weighted by molar-refractivity contribution is 5.92. The zero-order valence-electron chi connectivity index (χ0n) is 19.5. The second kappa shape index (κ2) is 9.92. The number of aryl methyl sites for hydroxylation is 1. The molecule has 3 aromatic rings. The minimum absolute atomic E-state index is 0.0109. The van der Waals surface area contributed by atoms with Gasteiger partial charge in [0.05, 0.1) is 22.8 Å². The third kappa shape index (κ3) is 5.42. The van der Waals surface area contributed by atoms with E-state index in [2.05, 4.69) is 67.7 Å². The second-order valence-corrected chi connectivity index (χ2v) is 8.87. The first-order valence-electron chi connectivity index (χ1n) is 11.1. The average molecular weight is 420 g/mol. The van der Waals surface area contributed by atoms with E-state index in [-0.39, 0.29) is 11.9 Å². The standard InChI is InChI=1S/C26H34N4O/c1-17(2)21-12-14-22(15-13-21)25(18(3)4)27-16-24(31)28-26-19(5)29-30(20(26)6)23-10-8-7-9-11-23/h7-15,17-18,25,27H,16H2,1-6H3,(H,28,31)/p+1/t25-/m1/s1. The van der Waals surface area contributed by atoms with Gasteiger partial charge in [-0.3, -0.25) is 4.79 Å². The molecule has 3 rings (SSSR count). The lowest BCUT2D eigenvalue weighted by atomic mass is 9.93. The number of aromatic nitrogens is 2. The van der Waals surface area contributed by atoms with Crippen LogP contribution in [0.2, 0.25) is 0 Å². The highest BCUT2D eigenvalue weighted by Gasteiger charge is 2.22. The number of hydrogen-bond donors (Lipinski definition) is 2. The number of hydrogen-bond acceptors (Lipinski definition) is 2. The lowest BCUT2D eigenvalue weighted by Crippen LogP contribution is -2.88. The molecule has 1 aromatic heterocycles. The van der Waals surface area contributed by atoms with Gasteiger partial charge in [0.25, 0.3) is 5.91 Å². The average Bonchev–Trinajstić information content (AvgIpc) is 3.03. The van der Waals surface area contributed by atoms with Crippen LogP contribution in [0, 0.1) is 19.8 Å². The highest BCUT2D eigenvalue weighted by Crippen LogP contribution is 2.23. The van der Waals surface area contributed by atoms with Gasteiger partial charge >= 0.3 is 0 Å². The van der Waals surface area contributed by atoms with Gasteiger partial charge in [-0.15, -0.1) is 0 Å². The molecule has 31 heavy (non-hydrogen) atoms. The van der Waals surface area contributed by atoms with Gasteiger partial charge in [-0.1, -0.05) is 70.2 Å². The van der Waals surface area contributed by atoms with Gasteiger partial charge in [0, 0.05) is 11.5 Å². The van der Waals surface area contributed by atoms with Gasteiger partial charge in [-0.25, -0.2) is 4.68 Å². The van der Waals surface area contributed by atoms with Crippen molar-refractivity contribution in [3.8, 4) is 5.69 Å². The number of carbonyl (C=O) groups is 1. The van der Waals surface area contributed by atoms with Crippen LogP contribution in [0.15, 0.2) is 54.6 Å². The molecule has 0 saturated carbocycles. The fraction of sp³-hybridized carbons (Fsp3) is 0.385. The molecule has 0 unspecified atom stereocenters. The number of nitrogens with two attached hydrogens (primary N) is 1. The first kappa shape index (κ1) is 22.8. The minimum atomic E-state index is -0.0109. The zero-order chi connectivity index (χ0) is 22.5. The van der Waals surface area contributed by atoms with Gasteiger partial charge in [0.2, 0.25) is 0 Å². The molecule has 0 fully saturated rings. The maximum atomic E-state index is 12.8. The predicted octanol–water partition coefficient (Wildman–Crippen LogP) is 4.51. The summed E-state index contributed by atoms with van der Waals surface area (Å²) in [6.45, 7) is 13.1. The molecule has 1 heterocycles. The topological polar surface area (TPSA) is 63.5 Å². The summed E-state index contributed by atoms with van der Waals surface area (Å²) in [4.78, 5) is 12.8. The second-order valence-electron chi connectivity index (χ2n) is 8.87. The van der Waals surface area contributed by atoms with Crippen molar-refractivity contribution in [1.82, 2.24) is 9.78 Å². The third-order valence-electron chi connectivity index (χ3n) is 5.82. The molecule has 5 nitrogen and oxygen atoms in total. The van der Waals surface area contributed by atoms with Crippen LogP contribution in [0.4, 0.5) is 5.69 Å². The largest absolute Gasteiger partial charge is 0.332 e. The number of carbonyl (C=O) groups excluding carboxylic acids is 1. The van der Waals surface area contributed by atoms with Crippen molar-refractivity contribution in [3.05, 3.63) is 77.1 Å². The number of nitrogens with zero attached hydrogens (tertiary/aromatic N) is 2. The lowest BCUT2D eigenvalue weighted by Gasteiger charge is -2.20. The maximum Gasteiger partial charge on any atom is 0.279 e. The normalized spacial score (nSPS) is 12.4. The van der Waals surface area contributed by atoms with E-state index in [1.165, 1.54) is 11.1 Å². The van der Waals surface area contributed by atoms with Gasteiger partial charge < -0.3 is 10.6 Å². The molecule has 0 aliphatic heterocycles. The van der Waals surface area contributed by atoms with E-state index in [9.17, 15) is 4.79 Å². The number of benzene rings is 2. The molecule has 0 aliphatic rings. The fourth-order valence-corrected chi connectivity index (χ4v) is 3.96. The van der Waals surface area contributed by atoms with E-state index in [1.54, 1.807) is 0 Å². The quantitative estimate of drug-likeness (QED) is 0.564. The Labute approximate surface area is 185 Å². The van der Waals surface area contributed by atoms with Crippen molar-refractivity contribution in [2.75, 3.05) is 11.9 Å². The Balaban J connectivity index is 1.68. The molecule has 0 spiro atoms. The molecule has 0 aliphatic carbocycles. The molecule has 0 saturated heterocycles. The summed E-state index contributed by atoms with van der Waals surface area (Å²) in [5.41, 5.74) is 6.13. The van der Waals surface area contributed by atoms with E-state index in [0.717, 1.165) is 22.8 Å². The minimum Gasteiger partial charge on any atom is -0.332 e. The number of para-hydroxylation sites is 1. The van der Waals surface area contributed by atoms with Crippen molar-refractivity contribution in [2.24, 2.45) is 5.92 Å². The predicted molar refractivity (Wildman–Crippen MR) is 127 cm³/mol. The Bertz CT molecular complexity index is 1000. The van der Waals surface area contributed by atoms with Crippen molar-refractivity contribution in [3.63, 3.8) is 0 Å². The van der Waals surface area contributed by atoms with Crippen molar-refractivity contribution >= 4 is 11.6 Å².